The highest BCUT2D eigenvalue weighted by Crippen LogP contribution is 2.30. The first-order valence-corrected chi connectivity index (χ1v) is 9.18. The number of hydrogen-bond donors (Lipinski definition) is 2. The molecule has 0 aliphatic carbocycles. The van der Waals surface area contributed by atoms with Crippen LogP contribution in [0.5, 0.6) is 0 Å². The van der Waals surface area contributed by atoms with Crippen LogP contribution in [0.15, 0.2) is 53.9 Å². The molecule has 2 N–H and O–H groups in total. The Morgan fingerprint density at radius 3 is 2.70 bits per heavy atom. The summed E-state index contributed by atoms with van der Waals surface area (Å²) in [7, 11) is 0. The van der Waals surface area contributed by atoms with Gasteiger partial charge < -0.3 is 10.4 Å². The van der Waals surface area contributed by atoms with E-state index in [1.54, 1.807) is 29.6 Å². The Hall–Kier alpha value is -2.77. The van der Waals surface area contributed by atoms with Gasteiger partial charge in [0.2, 0.25) is 0 Å². The van der Waals surface area contributed by atoms with Crippen LogP contribution in [0.3, 0.4) is 0 Å². The van der Waals surface area contributed by atoms with Gasteiger partial charge in [0.15, 0.2) is 0 Å². The van der Waals surface area contributed by atoms with Crippen molar-refractivity contribution in [2.24, 2.45) is 0 Å². The monoisotopic (exact) mass is 404 g/mol. The third-order valence-corrected chi connectivity index (χ3v) is 4.98. The van der Waals surface area contributed by atoms with E-state index in [1.165, 1.54) is 29.5 Å². The quantitative estimate of drug-likeness (QED) is 0.631. The van der Waals surface area contributed by atoms with E-state index in [2.05, 4.69) is 10.3 Å². The highest BCUT2D eigenvalue weighted by molar-refractivity contribution is 7.13. The average molecular weight is 405 g/mol. The second-order valence-corrected chi connectivity index (χ2v) is 6.96. The lowest BCUT2D eigenvalue weighted by molar-refractivity contribution is -0.137. The third kappa shape index (κ3) is 4.69. The summed E-state index contributed by atoms with van der Waals surface area (Å²) < 4.78 is 13.5. The Bertz CT molecular complexity index is 992. The van der Waals surface area contributed by atoms with E-state index in [-0.39, 0.29) is 12.1 Å². The summed E-state index contributed by atoms with van der Waals surface area (Å²) in [5, 5.41) is 14.4. The Morgan fingerprint density at radius 1 is 1.22 bits per heavy atom. The summed E-state index contributed by atoms with van der Waals surface area (Å²) in [4.78, 5) is 28.0. The van der Waals surface area contributed by atoms with Crippen molar-refractivity contribution in [1.82, 2.24) is 10.3 Å². The van der Waals surface area contributed by atoms with Gasteiger partial charge in [-0.2, -0.15) is 0 Å². The van der Waals surface area contributed by atoms with Gasteiger partial charge in [0.25, 0.3) is 5.91 Å². The summed E-state index contributed by atoms with van der Waals surface area (Å²) in [6, 6.07) is 11.7. The summed E-state index contributed by atoms with van der Waals surface area (Å²) in [5.74, 6) is -2.16. The molecule has 0 saturated heterocycles. The molecule has 0 saturated carbocycles. The zero-order valence-corrected chi connectivity index (χ0v) is 15.4. The van der Waals surface area contributed by atoms with Crippen molar-refractivity contribution >= 4 is 34.8 Å². The molecule has 1 atom stereocenters. The van der Waals surface area contributed by atoms with Crippen molar-refractivity contribution in [3.05, 3.63) is 76.0 Å². The summed E-state index contributed by atoms with van der Waals surface area (Å²) >= 11 is 7.40. The van der Waals surface area contributed by atoms with Gasteiger partial charge in [-0.1, -0.05) is 41.9 Å². The number of carboxylic acids is 1. The van der Waals surface area contributed by atoms with Crippen LogP contribution < -0.4 is 5.32 Å². The molecular formula is C19H14ClFN2O3S. The largest absolute Gasteiger partial charge is 0.481 e. The summed E-state index contributed by atoms with van der Waals surface area (Å²) in [6.07, 6.45) is -0.378. The fourth-order valence-electron chi connectivity index (χ4n) is 2.52. The molecule has 2 aromatic carbocycles. The zero-order chi connectivity index (χ0) is 19.4. The standard InChI is InChI=1S/C19H14ClFN2O3S/c20-14-7-2-1-6-13(14)19-23-16(10-27-19)18(26)22-15(9-17(24)25)11-4-3-5-12(21)8-11/h1-8,10,15H,9H2,(H,22,26)(H,24,25). The molecule has 3 aromatic rings. The van der Waals surface area contributed by atoms with E-state index in [0.29, 0.717) is 21.2 Å². The van der Waals surface area contributed by atoms with Gasteiger partial charge in [0, 0.05) is 10.9 Å². The average Bonchev–Trinajstić information content (AvgIpc) is 3.11. The minimum atomic E-state index is -1.11. The van der Waals surface area contributed by atoms with Crippen molar-refractivity contribution in [3.8, 4) is 10.6 Å². The fraction of sp³-hybridized carbons (Fsp3) is 0.105. The number of thiazole rings is 1. The van der Waals surface area contributed by atoms with Crippen LogP contribution in [0.4, 0.5) is 4.39 Å². The molecule has 0 radical (unpaired) electrons. The lowest BCUT2D eigenvalue weighted by atomic mass is 10.0. The first-order valence-electron chi connectivity index (χ1n) is 7.92. The molecule has 8 heteroatoms. The van der Waals surface area contributed by atoms with Crippen molar-refractivity contribution in [2.45, 2.75) is 12.5 Å². The van der Waals surface area contributed by atoms with Crippen LogP contribution in [-0.4, -0.2) is 22.0 Å². The van der Waals surface area contributed by atoms with E-state index in [9.17, 15) is 14.0 Å². The maximum atomic E-state index is 13.5. The highest BCUT2D eigenvalue weighted by Gasteiger charge is 2.21. The molecule has 27 heavy (non-hydrogen) atoms. The summed E-state index contributed by atoms with van der Waals surface area (Å²) in [5.41, 5.74) is 1.21. The SMILES string of the molecule is O=C(O)CC(NC(=O)c1csc(-c2ccccc2Cl)n1)c1cccc(F)c1. The fourth-order valence-corrected chi connectivity index (χ4v) is 3.64. The second kappa shape index (κ2) is 8.28. The molecule has 0 spiro atoms. The van der Waals surface area contributed by atoms with Gasteiger partial charge in [-0.15, -0.1) is 11.3 Å². The van der Waals surface area contributed by atoms with Crippen LogP contribution in [-0.2, 0) is 4.79 Å². The minimum Gasteiger partial charge on any atom is -0.481 e. The van der Waals surface area contributed by atoms with Gasteiger partial charge in [-0.3, -0.25) is 9.59 Å². The Balaban J connectivity index is 1.82. The number of carboxylic acid groups (broad SMARTS) is 1. The lowest BCUT2D eigenvalue weighted by Crippen LogP contribution is -2.30. The van der Waals surface area contributed by atoms with E-state index < -0.39 is 23.7 Å². The van der Waals surface area contributed by atoms with Crippen molar-refractivity contribution < 1.29 is 19.1 Å². The number of carbonyl (C=O) groups excluding carboxylic acids is 1. The van der Waals surface area contributed by atoms with Crippen LogP contribution in [0.25, 0.3) is 10.6 Å². The first kappa shape index (κ1) is 19.0. The molecule has 0 aliphatic rings. The molecule has 1 aromatic heterocycles. The number of nitrogens with zero attached hydrogens (tertiary/aromatic N) is 1. The number of halogens is 2. The van der Waals surface area contributed by atoms with Crippen molar-refractivity contribution in [3.63, 3.8) is 0 Å². The molecule has 1 heterocycles. The maximum Gasteiger partial charge on any atom is 0.305 e. The molecule has 3 rings (SSSR count). The molecule has 5 nitrogen and oxygen atoms in total. The second-order valence-electron chi connectivity index (χ2n) is 5.70. The number of hydrogen-bond acceptors (Lipinski definition) is 4. The van der Waals surface area contributed by atoms with Crippen molar-refractivity contribution in [2.75, 3.05) is 0 Å². The summed E-state index contributed by atoms with van der Waals surface area (Å²) in [6.45, 7) is 0. The topological polar surface area (TPSA) is 79.3 Å². The number of carbonyl (C=O) groups is 2. The maximum absolute atomic E-state index is 13.5. The first-order chi connectivity index (χ1) is 12.9. The molecule has 0 fully saturated rings. The molecule has 0 aliphatic heterocycles. The Morgan fingerprint density at radius 2 is 2.00 bits per heavy atom. The number of aliphatic carboxylic acids is 1. The third-order valence-electron chi connectivity index (χ3n) is 3.78. The van der Waals surface area contributed by atoms with E-state index in [1.807, 2.05) is 6.07 Å². The number of amides is 1. The van der Waals surface area contributed by atoms with Gasteiger partial charge in [0.1, 0.15) is 16.5 Å². The van der Waals surface area contributed by atoms with Crippen LogP contribution in [0, 0.1) is 5.82 Å². The normalized spacial score (nSPS) is 11.8. The Kier molecular flexibility index (Phi) is 5.83. The van der Waals surface area contributed by atoms with Gasteiger partial charge >= 0.3 is 5.97 Å². The number of rotatable bonds is 6. The van der Waals surface area contributed by atoms with Crippen LogP contribution in [0.2, 0.25) is 5.02 Å². The Labute approximate surface area is 163 Å². The van der Waals surface area contributed by atoms with Crippen LogP contribution >= 0.6 is 22.9 Å². The number of nitrogens with one attached hydrogen (secondary N) is 1. The predicted octanol–water partition coefficient (Wildman–Crippen LogP) is 4.55. The van der Waals surface area contributed by atoms with Crippen LogP contribution in [0.1, 0.15) is 28.5 Å². The lowest BCUT2D eigenvalue weighted by Gasteiger charge is -2.17. The molecule has 138 valence electrons. The molecule has 0 bridgehead atoms. The molecule has 1 amide bonds. The van der Waals surface area contributed by atoms with Gasteiger partial charge in [0.05, 0.1) is 17.5 Å². The predicted molar refractivity (Wildman–Crippen MR) is 101 cm³/mol. The molecule has 1 unspecified atom stereocenters. The molecular weight excluding hydrogens is 391 g/mol. The highest BCUT2D eigenvalue weighted by atomic mass is 35.5. The number of aromatic nitrogens is 1. The number of benzene rings is 2. The van der Waals surface area contributed by atoms with Gasteiger partial charge in [-0.05, 0) is 23.8 Å². The smallest absolute Gasteiger partial charge is 0.305 e. The zero-order valence-electron chi connectivity index (χ0n) is 13.9. The minimum absolute atomic E-state index is 0.140. The van der Waals surface area contributed by atoms with E-state index in [4.69, 9.17) is 16.7 Å². The van der Waals surface area contributed by atoms with E-state index >= 15 is 0 Å². The van der Waals surface area contributed by atoms with Gasteiger partial charge in [-0.25, -0.2) is 9.37 Å². The van der Waals surface area contributed by atoms with Crippen molar-refractivity contribution in [1.29, 1.82) is 0 Å². The van der Waals surface area contributed by atoms with E-state index in [0.717, 1.165) is 0 Å².